The average molecular weight is 196 g/mol. The first-order valence-corrected chi connectivity index (χ1v) is 4.10. The number of rotatable bonds is 0. The second kappa shape index (κ2) is 2.98. The largest absolute Gasteiger partial charge is 0.434 e. The molecule has 0 atom stereocenters. The van der Waals surface area contributed by atoms with Gasteiger partial charge in [-0.3, -0.25) is 0 Å². The second-order valence-electron chi connectivity index (χ2n) is 2.40. The van der Waals surface area contributed by atoms with Crippen molar-refractivity contribution in [1.29, 1.82) is 0 Å². The number of aromatic nitrogens is 2. The van der Waals surface area contributed by atoms with Gasteiger partial charge in [-0.05, 0) is 0 Å². The van der Waals surface area contributed by atoms with Crippen molar-refractivity contribution in [1.82, 2.24) is 9.13 Å². The zero-order valence-electron chi connectivity index (χ0n) is 6.63. The molecule has 0 unspecified atom stereocenters. The lowest BCUT2D eigenvalue weighted by Crippen LogP contribution is -1.98. The Balaban J connectivity index is 3.26. The van der Waals surface area contributed by atoms with Crippen molar-refractivity contribution in [3.63, 3.8) is 0 Å². The summed E-state index contributed by atoms with van der Waals surface area (Å²) in [6.45, 7) is 0. The molecule has 0 radical (unpaired) electrons. The summed E-state index contributed by atoms with van der Waals surface area (Å²) in [6.07, 6.45) is 3.18. The normalized spacial score (nSPS) is 12.4. The molecule has 0 bridgehead atoms. The van der Waals surface area contributed by atoms with Crippen LogP contribution in [0.1, 0.15) is 0 Å². The van der Waals surface area contributed by atoms with Gasteiger partial charge in [0.05, 0.1) is 8.20 Å². The third-order valence-corrected chi connectivity index (χ3v) is 2.46. The molecule has 2 nitrogen and oxygen atoms in total. The summed E-state index contributed by atoms with van der Waals surface area (Å²) < 4.78 is 38.7. The standard InChI is InChI=1S/C6H8F3N2P/c1-10-3-4-11(2)5(10)12-6(7,8)9/h3-4H,1-2H3. The van der Waals surface area contributed by atoms with E-state index in [-0.39, 0.29) is 5.20 Å². The molecule has 0 aliphatic carbocycles. The molecule has 68 valence electrons. The first-order valence-electron chi connectivity index (χ1n) is 3.21. The quantitative estimate of drug-likeness (QED) is 0.563. The molecule has 0 aromatic carbocycles. The van der Waals surface area contributed by atoms with Gasteiger partial charge in [0.2, 0.25) is 0 Å². The van der Waals surface area contributed by atoms with Crippen LogP contribution in [-0.2, 0) is 14.1 Å². The van der Waals surface area contributed by atoms with E-state index in [9.17, 15) is 13.2 Å². The van der Waals surface area contributed by atoms with Crippen LogP contribution in [0.4, 0.5) is 13.2 Å². The molecule has 1 aromatic heterocycles. The highest BCUT2D eigenvalue weighted by Crippen LogP contribution is 2.31. The predicted molar refractivity (Wildman–Crippen MR) is 40.6 cm³/mol. The maximum atomic E-state index is 11.9. The summed E-state index contributed by atoms with van der Waals surface area (Å²) in [5.41, 5.74) is 0. The molecule has 0 amide bonds. The Morgan fingerprint density at radius 3 is 1.92 bits per heavy atom. The Kier molecular flexibility index (Phi) is 2.33. The molecule has 1 heterocycles. The summed E-state index contributed by atoms with van der Waals surface area (Å²) in [5.74, 6) is -4.16. The topological polar surface area (TPSA) is 9.86 Å². The molecular formula is C6H8F3N2P. The van der Waals surface area contributed by atoms with Gasteiger partial charge < -0.3 is 9.13 Å². The smallest absolute Gasteiger partial charge is 0.332 e. The molecule has 1 aromatic rings. The van der Waals surface area contributed by atoms with Crippen molar-refractivity contribution in [3.8, 4) is 0 Å². The molecule has 0 fully saturated rings. The highest BCUT2D eigenvalue weighted by Gasteiger charge is 2.24. The van der Waals surface area contributed by atoms with Gasteiger partial charge in [-0.2, -0.15) is 13.2 Å². The van der Waals surface area contributed by atoms with Crippen molar-refractivity contribution in [3.05, 3.63) is 17.6 Å². The third-order valence-electron chi connectivity index (χ3n) is 1.37. The Hall–Kier alpha value is -0.700. The maximum absolute atomic E-state index is 11.9. The van der Waals surface area contributed by atoms with Crippen LogP contribution >= 0.6 is 8.20 Å². The summed E-state index contributed by atoms with van der Waals surface area (Å²) in [7, 11) is 2.56. The van der Waals surface area contributed by atoms with Crippen molar-refractivity contribution in [2.75, 3.05) is 0 Å². The van der Waals surface area contributed by atoms with Gasteiger partial charge >= 0.3 is 5.92 Å². The van der Waals surface area contributed by atoms with Crippen molar-refractivity contribution in [2.24, 2.45) is 14.1 Å². The lowest BCUT2D eigenvalue weighted by Gasteiger charge is -1.98. The van der Waals surface area contributed by atoms with Gasteiger partial charge in [-0.15, -0.1) is 0 Å². The Labute approximate surface area is 69.0 Å². The number of hydrogen-bond donors (Lipinski definition) is 0. The summed E-state index contributed by atoms with van der Waals surface area (Å²) >= 11 is 0. The van der Waals surface area contributed by atoms with E-state index in [1.807, 2.05) is 0 Å². The lowest BCUT2D eigenvalue weighted by atomic mass is 10.9. The van der Waals surface area contributed by atoms with Crippen molar-refractivity contribution in [2.45, 2.75) is 5.92 Å². The lowest BCUT2D eigenvalue weighted by molar-refractivity contribution is -0.0354. The fourth-order valence-electron chi connectivity index (χ4n) is 0.853. The van der Waals surface area contributed by atoms with Crippen LogP contribution in [0.2, 0.25) is 0 Å². The highest BCUT2D eigenvalue weighted by molar-refractivity contribution is 7.30. The van der Waals surface area contributed by atoms with E-state index >= 15 is 0 Å². The summed E-state index contributed by atoms with van der Waals surface area (Å²) in [4.78, 5) is 0. The van der Waals surface area contributed by atoms with Gasteiger partial charge in [0, 0.05) is 26.5 Å². The average Bonchev–Trinajstić information content (AvgIpc) is 2.16. The molecule has 0 saturated heterocycles. The second-order valence-corrected chi connectivity index (χ2v) is 3.53. The van der Waals surface area contributed by atoms with Crippen LogP contribution < -0.4 is 0 Å². The van der Waals surface area contributed by atoms with Gasteiger partial charge in [0.15, 0.2) is 0 Å². The van der Waals surface area contributed by atoms with E-state index in [1.54, 1.807) is 26.5 Å². The Bertz CT molecular complexity index is 311. The third kappa shape index (κ3) is 2.14. The SMILES string of the molecule is Cn1ccn(C)c1=PC(F)(F)F. The molecule has 0 saturated carbocycles. The minimum absolute atomic E-state index is 0.225. The molecule has 0 N–H and O–H groups in total. The zero-order valence-corrected chi connectivity index (χ0v) is 7.52. The van der Waals surface area contributed by atoms with E-state index in [2.05, 4.69) is 0 Å². The number of nitrogens with zero attached hydrogens (tertiary/aromatic N) is 2. The maximum Gasteiger partial charge on any atom is 0.434 e. The van der Waals surface area contributed by atoms with Crippen LogP contribution in [0.15, 0.2) is 12.4 Å². The molecule has 0 aliphatic rings. The van der Waals surface area contributed by atoms with Crippen LogP contribution in [0.5, 0.6) is 0 Å². The number of imidazole rings is 1. The predicted octanol–water partition coefficient (Wildman–Crippen LogP) is 2.36. The molecule has 1 rings (SSSR count). The van der Waals surface area contributed by atoms with Gasteiger partial charge in [-0.1, -0.05) is 0 Å². The number of aryl methyl sites for hydroxylation is 2. The first kappa shape index (κ1) is 9.39. The summed E-state index contributed by atoms with van der Waals surface area (Å²) in [6, 6.07) is 0. The van der Waals surface area contributed by atoms with Crippen LogP contribution in [0.25, 0.3) is 0 Å². The number of halogens is 3. The molecule has 0 aliphatic heterocycles. The number of alkyl halides is 3. The van der Waals surface area contributed by atoms with Gasteiger partial charge in [0.1, 0.15) is 5.20 Å². The Morgan fingerprint density at radius 1 is 1.17 bits per heavy atom. The number of hydrogen-bond acceptors (Lipinski definition) is 0. The Morgan fingerprint density at radius 2 is 1.58 bits per heavy atom. The molecular weight excluding hydrogens is 188 g/mol. The van der Waals surface area contributed by atoms with Gasteiger partial charge in [-0.25, -0.2) is 0 Å². The molecule has 6 heteroatoms. The van der Waals surface area contributed by atoms with Crippen molar-refractivity contribution < 1.29 is 13.2 Å². The zero-order chi connectivity index (χ0) is 9.35. The van der Waals surface area contributed by atoms with E-state index in [1.165, 1.54) is 9.13 Å². The fraction of sp³-hybridized carbons (Fsp3) is 0.500. The minimum Gasteiger partial charge on any atom is -0.332 e. The monoisotopic (exact) mass is 196 g/mol. The summed E-state index contributed by atoms with van der Waals surface area (Å²) in [5, 5.41) is 0.225. The van der Waals surface area contributed by atoms with Crippen LogP contribution in [0.3, 0.4) is 0 Å². The van der Waals surface area contributed by atoms with E-state index in [4.69, 9.17) is 0 Å². The van der Waals surface area contributed by atoms with Crippen molar-refractivity contribution >= 4 is 8.20 Å². The first-order chi connectivity index (χ1) is 5.40. The molecule has 0 spiro atoms. The van der Waals surface area contributed by atoms with E-state index in [0.29, 0.717) is 0 Å². The van der Waals surface area contributed by atoms with Crippen LogP contribution in [-0.4, -0.2) is 15.1 Å². The van der Waals surface area contributed by atoms with Crippen LogP contribution in [0, 0.1) is 5.20 Å². The van der Waals surface area contributed by atoms with E-state index < -0.39 is 14.1 Å². The fourth-order valence-corrected chi connectivity index (χ4v) is 1.53. The molecule has 12 heavy (non-hydrogen) atoms. The van der Waals surface area contributed by atoms with E-state index in [0.717, 1.165) is 0 Å². The van der Waals surface area contributed by atoms with Gasteiger partial charge in [0.25, 0.3) is 0 Å². The highest BCUT2D eigenvalue weighted by atomic mass is 31.1. The minimum atomic E-state index is -4.16.